The Balaban J connectivity index is 2.30. The summed E-state index contributed by atoms with van der Waals surface area (Å²) in [6, 6.07) is 9.61. The normalized spacial score (nSPS) is 9.78. The molecule has 0 aliphatic carbocycles. The summed E-state index contributed by atoms with van der Waals surface area (Å²) in [5.41, 5.74) is 2.34. The summed E-state index contributed by atoms with van der Waals surface area (Å²) < 4.78 is 26.6. The van der Waals surface area contributed by atoms with Crippen LogP contribution in [0.4, 0.5) is 8.78 Å². The topological polar surface area (TPSA) is 0 Å². The minimum atomic E-state index is -0.281. The van der Waals surface area contributed by atoms with Crippen molar-refractivity contribution < 1.29 is 8.78 Å². The first-order valence-corrected chi connectivity index (χ1v) is 5.60. The number of rotatable bonds is 0. The van der Waals surface area contributed by atoms with Gasteiger partial charge in [-0.2, -0.15) is 0 Å². The fourth-order valence-electron chi connectivity index (χ4n) is 1.49. The van der Waals surface area contributed by atoms with Gasteiger partial charge in [-0.15, -0.1) is 0 Å². The maximum absolute atomic E-state index is 13.3. The first kappa shape index (κ1) is 12.3. The zero-order chi connectivity index (χ0) is 13.1. The molecule has 0 N–H and O–H groups in total. The van der Waals surface area contributed by atoms with Crippen LogP contribution in [0.3, 0.4) is 0 Å². The Kier molecular flexibility index (Phi) is 3.43. The first-order valence-electron chi connectivity index (χ1n) is 5.60. The lowest BCUT2D eigenvalue weighted by molar-refractivity contribution is 0.617. The van der Waals surface area contributed by atoms with Crippen molar-refractivity contribution in [3.8, 4) is 11.8 Å². The predicted octanol–water partition coefficient (Wildman–Crippen LogP) is 3.98. The molecule has 0 saturated heterocycles. The molecule has 0 radical (unpaired) electrons. The van der Waals surface area contributed by atoms with Crippen molar-refractivity contribution in [1.82, 2.24) is 0 Å². The average molecular weight is 242 g/mol. The zero-order valence-electron chi connectivity index (χ0n) is 10.2. The molecule has 0 spiro atoms. The summed E-state index contributed by atoms with van der Waals surface area (Å²) in [5.74, 6) is 5.08. The maximum atomic E-state index is 13.3. The highest BCUT2D eigenvalue weighted by Crippen LogP contribution is 2.10. The smallest absolute Gasteiger partial charge is 0.127 e. The van der Waals surface area contributed by atoms with Gasteiger partial charge < -0.3 is 0 Å². The summed E-state index contributed by atoms with van der Waals surface area (Å²) in [7, 11) is 0. The Morgan fingerprint density at radius 1 is 0.722 bits per heavy atom. The van der Waals surface area contributed by atoms with Crippen LogP contribution in [0.15, 0.2) is 36.4 Å². The van der Waals surface area contributed by atoms with Crippen molar-refractivity contribution in [2.24, 2.45) is 0 Å². The van der Waals surface area contributed by atoms with Gasteiger partial charge in [-0.05, 0) is 49.2 Å². The first-order chi connectivity index (χ1) is 8.56. The molecule has 0 aromatic heterocycles. The van der Waals surface area contributed by atoms with Gasteiger partial charge in [0.15, 0.2) is 0 Å². The molecule has 0 amide bonds. The SMILES string of the molecule is Cc1ccc(C#Cc2ccc(C)c(F)c2)cc1F. The third-order valence-corrected chi connectivity index (χ3v) is 2.69. The summed E-state index contributed by atoms with van der Waals surface area (Å²) in [5, 5.41) is 0. The summed E-state index contributed by atoms with van der Waals surface area (Å²) in [6.45, 7) is 3.39. The lowest BCUT2D eigenvalue weighted by Gasteiger charge is -1.97. The number of aryl methyl sites for hydroxylation is 2. The molecular formula is C16H12F2. The third-order valence-electron chi connectivity index (χ3n) is 2.69. The fourth-order valence-corrected chi connectivity index (χ4v) is 1.49. The third kappa shape index (κ3) is 2.75. The molecule has 2 heteroatoms. The van der Waals surface area contributed by atoms with Crippen LogP contribution in [0.25, 0.3) is 0 Å². The van der Waals surface area contributed by atoms with Crippen molar-refractivity contribution >= 4 is 0 Å². The Morgan fingerprint density at radius 3 is 1.44 bits per heavy atom. The second-order valence-corrected chi connectivity index (χ2v) is 4.18. The quantitative estimate of drug-likeness (QED) is 0.613. The predicted molar refractivity (Wildman–Crippen MR) is 68.3 cm³/mol. The minimum Gasteiger partial charge on any atom is -0.207 e. The van der Waals surface area contributed by atoms with Gasteiger partial charge in [0.2, 0.25) is 0 Å². The van der Waals surface area contributed by atoms with Crippen molar-refractivity contribution in [1.29, 1.82) is 0 Å². The van der Waals surface area contributed by atoms with Crippen LogP contribution in [-0.2, 0) is 0 Å². The van der Waals surface area contributed by atoms with Gasteiger partial charge in [0.05, 0.1) is 0 Å². The van der Waals surface area contributed by atoms with E-state index in [-0.39, 0.29) is 11.6 Å². The van der Waals surface area contributed by atoms with E-state index in [9.17, 15) is 8.78 Å². The van der Waals surface area contributed by atoms with Crippen LogP contribution >= 0.6 is 0 Å². The van der Waals surface area contributed by atoms with E-state index < -0.39 is 0 Å². The molecule has 0 heterocycles. The van der Waals surface area contributed by atoms with Crippen molar-refractivity contribution in [2.75, 3.05) is 0 Å². The van der Waals surface area contributed by atoms with E-state index in [0.29, 0.717) is 22.3 Å². The molecule has 0 unspecified atom stereocenters. The Labute approximate surface area is 105 Å². The van der Waals surface area contributed by atoms with Crippen LogP contribution in [0.5, 0.6) is 0 Å². The second-order valence-electron chi connectivity index (χ2n) is 4.18. The molecule has 90 valence electrons. The summed E-state index contributed by atoms with van der Waals surface area (Å²) in [6.07, 6.45) is 0. The fraction of sp³-hybridized carbons (Fsp3) is 0.125. The molecule has 0 saturated carbocycles. The Hall–Kier alpha value is -2.14. The van der Waals surface area contributed by atoms with Gasteiger partial charge in [-0.25, -0.2) is 8.78 Å². The van der Waals surface area contributed by atoms with Gasteiger partial charge in [-0.1, -0.05) is 24.0 Å². The van der Waals surface area contributed by atoms with E-state index in [2.05, 4.69) is 11.8 Å². The highest BCUT2D eigenvalue weighted by atomic mass is 19.1. The molecule has 0 bridgehead atoms. The number of hydrogen-bond acceptors (Lipinski definition) is 0. The van der Waals surface area contributed by atoms with Crippen molar-refractivity contribution in [3.05, 3.63) is 70.3 Å². The van der Waals surface area contributed by atoms with Gasteiger partial charge >= 0.3 is 0 Å². The van der Waals surface area contributed by atoms with E-state index in [1.54, 1.807) is 38.1 Å². The van der Waals surface area contributed by atoms with Crippen LogP contribution in [0.1, 0.15) is 22.3 Å². The monoisotopic (exact) mass is 242 g/mol. The van der Waals surface area contributed by atoms with Crippen LogP contribution in [-0.4, -0.2) is 0 Å². The molecule has 0 aliphatic heterocycles. The van der Waals surface area contributed by atoms with E-state index in [4.69, 9.17) is 0 Å². The van der Waals surface area contributed by atoms with E-state index >= 15 is 0 Å². The second kappa shape index (κ2) is 5.01. The average Bonchev–Trinajstić information content (AvgIpc) is 2.35. The van der Waals surface area contributed by atoms with Crippen LogP contribution in [0.2, 0.25) is 0 Å². The van der Waals surface area contributed by atoms with Crippen molar-refractivity contribution in [2.45, 2.75) is 13.8 Å². The molecule has 0 nitrogen and oxygen atoms in total. The van der Waals surface area contributed by atoms with E-state index in [1.165, 1.54) is 12.1 Å². The van der Waals surface area contributed by atoms with Crippen LogP contribution in [0, 0.1) is 37.3 Å². The number of benzene rings is 2. The van der Waals surface area contributed by atoms with Crippen LogP contribution < -0.4 is 0 Å². The lowest BCUT2D eigenvalue weighted by Crippen LogP contribution is -1.85. The van der Waals surface area contributed by atoms with Gasteiger partial charge in [0, 0.05) is 11.1 Å². The molecule has 0 aliphatic rings. The van der Waals surface area contributed by atoms with Gasteiger partial charge in [0.1, 0.15) is 11.6 Å². The Morgan fingerprint density at radius 2 is 1.11 bits per heavy atom. The standard InChI is InChI=1S/C16H12F2/c1-11-3-5-13(9-15(11)17)7-8-14-6-4-12(2)16(18)10-14/h3-6,9-10H,1-2H3. The van der Waals surface area contributed by atoms with Gasteiger partial charge in [0.25, 0.3) is 0 Å². The molecule has 0 fully saturated rings. The molecule has 0 atom stereocenters. The van der Waals surface area contributed by atoms with E-state index in [0.717, 1.165) is 0 Å². The maximum Gasteiger partial charge on any atom is 0.127 e. The highest BCUT2D eigenvalue weighted by Gasteiger charge is 1.98. The zero-order valence-corrected chi connectivity index (χ0v) is 10.2. The molecule has 2 aromatic carbocycles. The molecule has 18 heavy (non-hydrogen) atoms. The Bertz CT molecular complexity index is 590. The molecular weight excluding hydrogens is 230 g/mol. The minimum absolute atomic E-state index is 0.281. The van der Waals surface area contributed by atoms with E-state index in [1.807, 2.05) is 0 Å². The summed E-state index contributed by atoms with van der Waals surface area (Å²) in [4.78, 5) is 0. The van der Waals surface area contributed by atoms with Gasteiger partial charge in [-0.3, -0.25) is 0 Å². The molecule has 2 rings (SSSR count). The highest BCUT2D eigenvalue weighted by molar-refractivity contribution is 5.44. The summed E-state index contributed by atoms with van der Waals surface area (Å²) >= 11 is 0. The molecule has 2 aromatic rings. The largest absolute Gasteiger partial charge is 0.207 e. The lowest BCUT2D eigenvalue weighted by atomic mass is 10.1. The number of hydrogen-bond donors (Lipinski definition) is 0. The number of halogens is 2. The van der Waals surface area contributed by atoms with Crippen molar-refractivity contribution in [3.63, 3.8) is 0 Å².